The van der Waals surface area contributed by atoms with Crippen LogP contribution in [-0.2, 0) is 14.3 Å². The van der Waals surface area contributed by atoms with Crippen molar-refractivity contribution < 1.29 is 24.5 Å². The van der Waals surface area contributed by atoms with Crippen LogP contribution in [0, 0.1) is 11.8 Å². The van der Waals surface area contributed by atoms with Gasteiger partial charge in [0.25, 0.3) is 0 Å². The van der Waals surface area contributed by atoms with Crippen molar-refractivity contribution in [2.24, 2.45) is 11.8 Å². The summed E-state index contributed by atoms with van der Waals surface area (Å²) in [5, 5.41) is 20.2. The molecule has 2 N–H and O–H groups in total. The minimum absolute atomic E-state index is 0.00724. The largest absolute Gasteiger partial charge is 0.461 e. The van der Waals surface area contributed by atoms with Crippen molar-refractivity contribution in [3.63, 3.8) is 0 Å². The summed E-state index contributed by atoms with van der Waals surface area (Å²) in [5.74, 6) is -0.689. The van der Waals surface area contributed by atoms with E-state index >= 15 is 0 Å². The van der Waals surface area contributed by atoms with Gasteiger partial charge in [-0.1, -0.05) is 30.4 Å². The minimum atomic E-state index is -0.892. The van der Waals surface area contributed by atoms with Crippen molar-refractivity contribution in [1.29, 1.82) is 0 Å². The standard InChI is InChI=1S/C20H28O5/c1-12-10-15(21)17-20(4,25-17)9-7-14-13(6-5-8-19(2,3)23)11-24-18(22)16(12)14/h5-6,8,14-17,21,23H,1,7,9-11H2,2-4H3. The van der Waals surface area contributed by atoms with Gasteiger partial charge < -0.3 is 19.7 Å². The topological polar surface area (TPSA) is 79.3 Å². The minimum Gasteiger partial charge on any atom is -0.461 e. The van der Waals surface area contributed by atoms with Crippen LogP contribution in [0.2, 0.25) is 0 Å². The molecule has 0 amide bonds. The average Bonchev–Trinajstić information content (AvgIpc) is 3.17. The van der Waals surface area contributed by atoms with Gasteiger partial charge in [0.05, 0.1) is 23.2 Å². The van der Waals surface area contributed by atoms with Crippen molar-refractivity contribution in [1.82, 2.24) is 0 Å². The number of aliphatic hydroxyl groups is 2. The van der Waals surface area contributed by atoms with E-state index in [1.54, 1.807) is 19.9 Å². The summed E-state index contributed by atoms with van der Waals surface area (Å²) >= 11 is 0. The van der Waals surface area contributed by atoms with Gasteiger partial charge in [0.1, 0.15) is 12.7 Å². The summed E-state index contributed by atoms with van der Waals surface area (Å²) in [6.45, 7) is 9.76. The summed E-state index contributed by atoms with van der Waals surface area (Å²) in [6, 6.07) is 0. The molecule has 3 fully saturated rings. The maximum absolute atomic E-state index is 12.4. The van der Waals surface area contributed by atoms with Crippen molar-refractivity contribution in [2.45, 2.75) is 63.4 Å². The first-order chi connectivity index (χ1) is 11.6. The summed E-state index contributed by atoms with van der Waals surface area (Å²) < 4.78 is 11.1. The molecular weight excluding hydrogens is 320 g/mol. The van der Waals surface area contributed by atoms with Gasteiger partial charge in [-0.3, -0.25) is 4.79 Å². The number of ether oxygens (including phenoxy) is 2. The van der Waals surface area contributed by atoms with Crippen LogP contribution in [0.1, 0.15) is 40.0 Å². The lowest BCUT2D eigenvalue weighted by Crippen LogP contribution is -2.36. The molecule has 5 atom stereocenters. The number of allylic oxidation sites excluding steroid dienone is 2. The van der Waals surface area contributed by atoms with Crippen LogP contribution in [0.15, 0.2) is 36.0 Å². The van der Waals surface area contributed by atoms with Gasteiger partial charge >= 0.3 is 5.97 Å². The van der Waals surface area contributed by atoms with Crippen LogP contribution in [0.25, 0.3) is 0 Å². The number of rotatable bonds is 2. The molecule has 2 saturated heterocycles. The number of fused-ring (bicyclic) bond motifs is 2. The van der Waals surface area contributed by atoms with Gasteiger partial charge in [0, 0.05) is 5.92 Å². The van der Waals surface area contributed by atoms with Crippen LogP contribution in [0.4, 0.5) is 0 Å². The first-order valence-electron chi connectivity index (χ1n) is 8.91. The lowest BCUT2D eigenvalue weighted by molar-refractivity contribution is -0.151. The number of epoxide rings is 1. The van der Waals surface area contributed by atoms with E-state index < -0.39 is 17.6 Å². The average molecular weight is 348 g/mol. The summed E-state index contributed by atoms with van der Waals surface area (Å²) in [4.78, 5) is 12.4. The molecule has 5 nitrogen and oxygen atoms in total. The fourth-order valence-electron chi connectivity index (χ4n) is 4.00. The maximum atomic E-state index is 12.4. The Morgan fingerprint density at radius 2 is 2.12 bits per heavy atom. The van der Waals surface area contributed by atoms with E-state index in [2.05, 4.69) is 6.58 Å². The molecule has 3 aliphatic rings. The van der Waals surface area contributed by atoms with Gasteiger partial charge in [-0.25, -0.2) is 0 Å². The summed E-state index contributed by atoms with van der Waals surface area (Å²) in [7, 11) is 0. The molecule has 0 aromatic heterocycles. The van der Waals surface area contributed by atoms with E-state index in [-0.39, 0.29) is 30.2 Å². The van der Waals surface area contributed by atoms with Crippen molar-refractivity contribution >= 4 is 5.97 Å². The zero-order chi connectivity index (χ0) is 18.4. The van der Waals surface area contributed by atoms with Crippen LogP contribution >= 0.6 is 0 Å². The Bertz CT molecular complexity index is 626. The van der Waals surface area contributed by atoms with E-state index in [4.69, 9.17) is 9.47 Å². The fourth-order valence-corrected chi connectivity index (χ4v) is 4.00. The number of carbonyl (C=O) groups excluding carboxylic acids is 1. The van der Waals surface area contributed by atoms with E-state index in [1.807, 2.05) is 19.1 Å². The Labute approximate surface area is 149 Å². The number of hydrogen-bond acceptors (Lipinski definition) is 5. The Balaban J connectivity index is 1.88. The number of hydrogen-bond donors (Lipinski definition) is 2. The van der Waals surface area contributed by atoms with Crippen molar-refractivity contribution in [3.05, 3.63) is 36.0 Å². The normalized spacial score (nSPS) is 40.8. The van der Waals surface area contributed by atoms with Gasteiger partial charge in [-0.05, 0) is 45.6 Å². The predicted octanol–water partition coefficient (Wildman–Crippen LogP) is 2.29. The van der Waals surface area contributed by atoms with Gasteiger partial charge in [0.2, 0.25) is 0 Å². The van der Waals surface area contributed by atoms with E-state index in [9.17, 15) is 15.0 Å². The highest BCUT2D eigenvalue weighted by Gasteiger charge is 2.57. The van der Waals surface area contributed by atoms with Gasteiger partial charge in [-0.2, -0.15) is 0 Å². The Kier molecular flexibility index (Phi) is 4.69. The third kappa shape index (κ3) is 3.89. The second kappa shape index (κ2) is 6.38. The molecular formula is C20H28O5. The second-order valence-electron chi connectivity index (χ2n) is 8.27. The molecule has 25 heavy (non-hydrogen) atoms. The second-order valence-corrected chi connectivity index (χ2v) is 8.27. The number of cyclic esters (lactones) is 1. The highest BCUT2D eigenvalue weighted by molar-refractivity contribution is 5.78. The molecule has 0 aromatic rings. The summed E-state index contributed by atoms with van der Waals surface area (Å²) in [5.41, 5.74) is 0.517. The van der Waals surface area contributed by atoms with Crippen molar-refractivity contribution in [2.75, 3.05) is 6.61 Å². The van der Waals surface area contributed by atoms with Gasteiger partial charge in [-0.15, -0.1) is 0 Å². The molecule has 5 unspecified atom stereocenters. The van der Waals surface area contributed by atoms with Crippen LogP contribution in [0.3, 0.4) is 0 Å². The number of carbonyl (C=O) groups is 1. The third-order valence-electron chi connectivity index (χ3n) is 5.48. The first kappa shape index (κ1) is 18.4. The summed E-state index contributed by atoms with van der Waals surface area (Å²) in [6.07, 6.45) is 6.55. The van der Waals surface area contributed by atoms with Crippen LogP contribution in [-0.4, -0.2) is 46.2 Å². The number of aliphatic hydroxyl groups excluding tert-OH is 1. The maximum Gasteiger partial charge on any atom is 0.314 e. The molecule has 138 valence electrons. The lowest BCUT2D eigenvalue weighted by Gasteiger charge is -2.34. The molecule has 1 aliphatic carbocycles. The molecule has 1 saturated carbocycles. The first-order valence-corrected chi connectivity index (χ1v) is 8.91. The SMILES string of the molecule is C=C1CC(O)C2OC2(C)CCC2C(=CC=CC(C)(C)O)COC(=O)C12. The highest BCUT2D eigenvalue weighted by Crippen LogP contribution is 2.49. The quantitative estimate of drug-likeness (QED) is 0.455. The molecule has 2 aliphatic heterocycles. The lowest BCUT2D eigenvalue weighted by atomic mass is 9.76. The molecule has 0 spiro atoms. The van der Waals surface area contributed by atoms with Crippen LogP contribution < -0.4 is 0 Å². The monoisotopic (exact) mass is 348 g/mol. The molecule has 3 rings (SSSR count). The molecule has 0 aromatic carbocycles. The fraction of sp³-hybridized carbons (Fsp3) is 0.650. The van der Waals surface area contributed by atoms with Gasteiger partial charge in [0.15, 0.2) is 0 Å². The number of esters is 1. The Morgan fingerprint density at radius 3 is 2.80 bits per heavy atom. The Hall–Kier alpha value is -1.43. The highest BCUT2D eigenvalue weighted by atomic mass is 16.6. The molecule has 2 heterocycles. The van der Waals surface area contributed by atoms with E-state index in [0.29, 0.717) is 12.0 Å². The molecule has 0 bridgehead atoms. The predicted molar refractivity (Wildman–Crippen MR) is 93.7 cm³/mol. The smallest absolute Gasteiger partial charge is 0.314 e. The molecule has 0 radical (unpaired) electrons. The van der Waals surface area contributed by atoms with E-state index in [1.165, 1.54) is 0 Å². The van der Waals surface area contributed by atoms with E-state index in [0.717, 1.165) is 18.4 Å². The third-order valence-corrected chi connectivity index (χ3v) is 5.48. The zero-order valence-corrected chi connectivity index (χ0v) is 15.2. The Morgan fingerprint density at radius 1 is 1.40 bits per heavy atom. The molecule has 5 heteroatoms. The van der Waals surface area contributed by atoms with Crippen molar-refractivity contribution in [3.8, 4) is 0 Å². The zero-order valence-electron chi connectivity index (χ0n) is 15.2. The van der Waals surface area contributed by atoms with Crippen LogP contribution in [0.5, 0.6) is 0 Å².